The second kappa shape index (κ2) is 10.2. The summed E-state index contributed by atoms with van der Waals surface area (Å²) in [5, 5.41) is 9.88. The fraction of sp³-hybridized carbons (Fsp3) is 0.263. The molecule has 0 aliphatic carbocycles. The van der Waals surface area contributed by atoms with Gasteiger partial charge in [-0.1, -0.05) is 36.4 Å². The van der Waals surface area contributed by atoms with Crippen LogP contribution < -0.4 is 9.47 Å². The van der Waals surface area contributed by atoms with Gasteiger partial charge in [0, 0.05) is 13.3 Å². The molecule has 0 bridgehead atoms. The number of carbonyl (C=O) groups is 2. The van der Waals surface area contributed by atoms with Crippen LogP contribution in [-0.2, 0) is 9.59 Å². The highest BCUT2D eigenvalue weighted by molar-refractivity contribution is 5.90. The van der Waals surface area contributed by atoms with E-state index in [1.54, 1.807) is 36.4 Å². The van der Waals surface area contributed by atoms with E-state index in [1.807, 2.05) is 13.0 Å². The number of esters is 1. The molecule has 1 N–H and O–H groups in total. The topological polar surface area (TPSA) is 72.8 Å². The largest absolute Gasteiger partial charge is 0.493 e. The lowest BCUT2D eigenvalue weighted by molar-refractivity contribution is -0.132. The number of rotatable bonds is 8. The molecule has 0 fully saturated rings. The number of methoxy groups -OCH3 is 1. The highest BCUT2D eigenvalue weighted by Gasteiger charge is 2.08. The van der Waals surface area contributed by atoms with E-state index in [2.05, 4.69) is 0 Å². The number of hydrogen-bond donors (Lipinski definition) is 1. The Hall–Kier alpha value is -2.66. The molecule has 0 heterocycles. The Labute approximate surface area is 141 Å². The number of allylic oxidation sites excluding steroid dienone is 4. The molecule has 24 heavy (non-hydrogen) atoms. The van der Waals surface area contributed by atoms with Crippen LogP contribution in [-0.4, -0.2) is 30.1 Å². The maximum atomic E-state index is 11.6. The average molecular weight is 330 g/mol. The number of hydrogen-bond acceptors (Lipinski definition) is 5. The van der Waals surface area contributed by atoms with Gasteiger partial charge in [0.1, 0.15) is 0 Å². The molecule has 0 saturated carbocycles. The molecule has 128 valence electrons. The molecule has 0 spiro atoms. The lowest BCUT2D eigenvalue weighted by atomic mass is 10.1. The second-order valence-corrected chi connectivity index (χ2v) is 4.99. The Kier molecular flexibility index (Phi) is 8.22. The first-order valence-corrected chi connectivity index (χ1v) is 7.51. The van der Waals surface area contributed by atoms with E-state index in [-0.39, 0.29) is 12.2 Å². The molecule has 5 nitrogen and oxygen atoms in total. The quantitative estimate of drug-likeness (QED) is 0.343. The lowest BCUT2D eigenvalue weighted by Crippen LogP contribution is -2.08. The normalized spacial score (nSPS) is 12.8. The van der Waals surface area contributed by atoms with Crippen LogP contribution in [0.1, 0.15) is 25.8 Å². The highest BCUT2D eigenvalue weighted by atomic mass is 16.6. The maximum absolute atomic E-state index is 11.6. The van der Waals surface area contributed by atoms with Gasteiger partial charge in [-0.25, -0.2) is 0 Å². The van der Waals surface area contributed by atoms with Crippen molar-refractivity contribution < 1.29 is 24.2 Å². The van der Waals surface area contributed by atoms with E-state index in [9.17, 15) is 14.7 Å². The first kappa shape index (κ1) is 19.4. The van der Waals surface area contributed by atoms with Crippen LogP contribution in [0, 0.1) is 0 Å². The molecule has 0 aliphatic heterocycles. The van der Waals surface area contributed by atoms with Crippen molar-refractivity contribution in [3.05, 3.63) is 54.1 Å². The van der Waals surface area contributed by atoms with Gasteiger partial charge in [-0.15, -0.1) is 0 Å². The van der Waals surface area contributed by atoms with Crippen molar-refractivity contribution in [2.24, 2.45) is 0 Å². The number of ether oxygens (including phenoxy) is 2. The van der Waals surface area contributed by atoms with Gasteiger partial charge in [0.25, 0.3) is 0 Å². The van der Waals surface area contributed by atoms with Crippen LogP contribution in [0.3, 0.4) is 0 Å². The van der Waals surface area contributed by atoms with Gasteiger partial charge >= 0.3 is 5.97 Å². The van der Waals surface area contributed by atoms with Gasteiger partial charge in [-0.2, -0.15) is 0 Å². The molecule has 1 aromatic rings. The summed E-state index contributed by atoms with van der Waals surface area (Å²) in [5.74, 6) is 0.142. The van der Waals surface area contributed by atoms with Crippen molar-refractivity contribution >= 4 is 17.8 Å². The third-order valence-electron chi connectivity index (χ3n) is 2.95. The summed E-state index contributed by atoms with van der Waals surface area (Å²) in [4.78, 5) is 22.6. The molecular formula is C19H22O5. The Morgan fingerprint density at radius 1 is 1.25 bits per heavy atom. The van der Waals surface area contributed by atoms with Crippen LogP contribution in [0.25, 0.3) is 6.08 Å². The minimum Gasteiger partial charge on any atom is -0.493 e. The van der Waals surface area contributed by atoms with Gasteiger partial charge in [-0.3, -0.25) is 9.59 Å². The van der Waals surface area contributed by atoms with E-state index in [0.717, 1.165) is 5.56 Å². The van der Waals surface area contributed by atoms with Crippen molar-refractivity contribution in [2.45, 2.75) is 26.4 Å². The Balaban J connectivity index is 2.72. The Bertz CT molecular complexity index is 656. The molecule has 0 aliphatic rings. The zero-order valence-corrected chi connectivity index (χ0v) is 14.1. The Morgan fingerprint density at radius 3 is 2.62 bits per heavy atom. The first-order valence-electron chi connectivity index (χ1n) is 7.51. The van der Waals surface area contributed by atoms with Crippen LogP contribution in [0.4, 0.5) is 0 Å². The average Bonchev–Trinajstić information content (AvgIpc) is 2.53. The fourth-order valence-corrected chi connectivity index (χ4v) is 1.87. The number of aliphatic hydroxyl groups is 1. The Morgan fingerprint density at radius 2 is 2.00 bits per heavy atom. The third kappa shape index (κ3) is 7.07. The fourth-order valence-electron chi connectivity index (χ4n) is 1.87. The lowest BCUT2D eigenvalue weighted by Gasteiger charge is -2.08. The minimum absolute atomic E-state index is 0.00716. The van der Waals surface area contributed by atoms with Crippen LogP contribution >= 0.6 is 0 Å². The van der Waals surface area contributed by atoms with E-state index in [1.165, 1.54) is 26.2 Å². The smallest absolute Gasteiger partial charge is 0.308 e. The number of ketones is 1. The number of aliphatic hydroxyl groups excluding tert-OH is 1. The molecule has 0 unspecified atom stereocenters. The van der Waals surface area contributed by atoms with Gasteiger partial charge in [0.15, 0.2) is 17.3 Å². The molecule has 0 radical (unpaired) electrons. The third-order valence-corrected chi connectivity index (χ3v) is 2.95. The minimum atomic E-state index is -0.883. The maximum Gasteiger partial charge on any atom is 0.308 e. The number of benzene rings is 1. The SMILES string of the molecule is C/C=C/C=C/C(=O)C[C@@H](O)/C=C/c1ccc(OC(C)=O)c(OC)c1. The molecule has 5 heteroatoms. The van der Waals surface area contributed by atoms with Crippen molar-refractivity contribution in [3.8, 4) is 11.5 Å². The summed E-state index contributed by atoms with van der Waals surface area (Å²) < 4.78 is 10.2. The zero-order chi connectivity index (χ0) is 17.9. The van der Waals surface area contributed by atoms with Crippen molar-refractivity contribution in [1.82, 2.24) is 0 Å². The summed E-state index contributed by atoms with van der Waals surface area (Å²) >= 11 is 0. The van der Waals surface area contributed by atoms with Crippen LogP contribution in [0.2, 0.25) is 0 Å². The van der Waals surface area contributed by atoms with E-state index in [4.69, 9.17) is 9.47 Å². The monoisotopic (exact) mass is 330 g/mol. The van der Waals surface area contributed by atoms with Gasteiger partial charge in [0.2, 0.25) is 0 Å². The summed E-state index contributed by atoms with van der Waals surface area (Å²) in [5.41, 5.74) is 0.749. The van der Waals surface area contributed by atoms with Crippen molar-refractivity contribution in [2.75, 3.05) is 7.11 Å². The molecule has 1 rings (SSSR count). The van der Waals surface area contributed by atoms with E-state index >= 15 is 0 Å². The summed E-state index contributed by atoms with van der Waals surface area (Å²) in [6.45, 7) is 3.17. The first-order chi connectivity index (χ1) is 11.5. The molecule has 1 atom stereocenters. The molecule has 0 saturated heterocycles. The van der Waals surface area contributed by atoms with Crippen LogP contribution in [0.5, 0.6) is 11.5 Å². The van der Waals surface area contributed by atoms with Gasteiger partial charge in [-0.05, 0) is 30.7 Å². The predicted octanol–water partition coefficient (Wildman–Crippen LogP) is 3.09. The standard InChI is InChI=1S/C19H22O5/c1-4-5-6-7-16(21)13-17(22)10-8-15-9-11-18(24-14(2)20)19(12-15)23-3/h4-12,17,22H,13H2,1-3H3/b5-4+,7-6+,10-8+/t17-/m0/s1. The van der Waals surface area contributed by atoms with Gasteiger partial charge < -0.3 is 14.6 Å². The molecule has 0 amide bonds. The predicted molar refractivity (Wildman–Crippen MR) is 92.9 cm³/mol. The number of carbonyl (C=O) groups excluding carboxylic acids is 2. The highest BCUT2D eigenvalue weighted by Crippen LogP contribution is 2.28. The van der Waals surface area contributed by atoms with Crippen molar-refractivity contribution in [1.29, 1.82) is 0 Å². The summed E-state index contributed by atoms with van der Waals surface area (Å²) in [6.07, 6.45) is 8.95. The van der Waals surface area contributed by atoms with Gasteiger partial charge in [0.05, 0.1) is 13.2 Å². The zero-order valence-electron chi connectivity index (χ0n) is 14.1. The molecule has 1 aromatic carbocycles. The summed E-state index contributed by atoms with van der Waals surface area (Å²) in [6, 6.07) is 5.00. The van der Waals surface area contributed by atoms with Crippen LogP contribution in [0.15, 0.2) is 48.6 Å². The van der Waals surface area contributed by atoms with Crippen molar-refractivity contribution in [3.63, 3.8) is 0 Å². The molecule has 0 aromatic heterocycles. The summed E-state index contributed by atoms with van der Waals surface area (Å²) in [7, 11) is 1.47. The van der Waals surface area contributed by atoms with E-state index in [0.29, 0.717) is 11.5 Å². The second-order valence-electron chi connectivity index (χ2n) is 4.99. The molecular weight excluding hydrogens is 308 g/mol. The van der Waals surface area contributed by atoms with E-state index < -0.39 is 12.1 Å².